The highest BCUT2D eigenvalue weighted by molar-refractivity contribution is 6.05. The van der Waals surface area contributed by atoms with E-state index in [1.54, 1.807) is 73.4 Å². The topological polar surface area (TPSA) is 120 Å². The molecule has 3 heterocycles. The molecule has 0 bridgehead atoms. The molecule has 1 aliphatic heterocycles. The van der Waals surface area contributed by atoms with Gasteiger partial charge in [-0.15, -0.1) is 0 Å². The van der Waals surface area contributed by atoms with Gasteiger partial charge in [-0.3, -0.25) is 24.2 Å². The van der Waals surface area contributed by atoms with Gasteiger partial charge in [0.2, 0.25) is 0 Å². The third-order valence-electron chi connectivity index (χ3n) is 7.90. The van der Waals surface area contributed by atoms with E-state index in [2.05, 4.69) is 15.2 Å². The van der Waals surface area contributed by atoms with Crippen LogP contribution < -0.4 is 20.3 Å². The number of methoxy groups -OCH3 is 1. The second-order valence-corrected chi connectivity index (χ2v) is 11.0. The van der Waals surface area contributed by atoms with Crippen molar-refractivity contribution in [3.63, 3.8) is 0 Å². The molecule has 1 saturated heterocycles. The maximum Gasteiger partial charge on any atom is 0.284 e. The Morgan fingerprint density at radius 2 is 1.83 bits per heavy atom. The third kappa shape index (κ3) is 6.50. The highest BCUT2D eigenvalue weighted by atomic mass is 19.1. The number of morpholine rings is 1. The molecule has 2 aromatic heterocycles. The minimum Gasteiger partial charge on any atom is -0.497 e. The summed E-state index contributed by atoms with van der Waals surface area (Å²) in [6.07, 6.45) is 0.748. The van der Waals surface area contributed by atoms with Crippen molar-refractivity contribution in [2.24, 2.45) is 0 Å². The smallest absolute Gasteiger partial charge is 0.284 e. The average Bonchev–Trinajstić information content (AvgIpc) is 3.31. The Morgan fingerprint density at radius 3 is 2.57 bits per heavy atom. The van der Waals surface area contributed by atoms with Crippen LogP contribution in [0.5, 0.6) is 17.2 Å². The van der Waals surface area contributed by atoms with E-state index in [9.17, 15) is 14.7 Å². The number of rotatable bonds is 10. The fourth-order valence-corrected chi connectivity index (χ4v) is 5.59. The third-order valence-corrected chi connectivity index (χ3v) is 7.90. The maximum atomic E-state index is 15.3. The zero-order valence-corrected chi connectivity index (χ0v) is 25.5. The zero-order valence-electron chi connectivity index (χ0n) is 25.5. The van der Waals surface area contributed by atoms with Crippen molar-refractivity contribution in [3.8, 4) is 22.9 Å². The van der Waals surface area contributed by atoms with Gasteiger partial charge in [-0.25, -0.2) is 9.07 Å². The van der Waals surface area contributed by atoms with Gasteiger partial charge in [-0.05, 0) is 49.4 Å². The van der Waals surface area contributed by atoms with Crippen molar-refractivity contribution >= 4 is 22.5 Å². The normalized spacial score (nSPS) is 14.3. The van der Waals surface area contributed by atoms with E-state index in [0.29, 0.717) is 66.6 Å². The van der Waals surface area contributed by atoms with E-state index in [1.807, 2.05) is 6.07 Å². The number of amides is 1. The number of para-hydroxylation sites is 1. The molecule has 3 aromatic carbocycles. The lowest BCUT2D eigenvalue weighted by Crippen LogP contribution is -2.42. The predicted octanol–water partition coefficient (Wildman–Crippen LogP) is 4.38. The Balaban J connectivity index is 1.24. The van der Waals surface area contributed by atoms with Crippen LogP contribution in [0.15, 0.2) is 83.8 Å². The second-order valence-electron chi connectivity index (χ2n) is 11.0. The van der Waals surface area contributed by atoms with Gasteiger partial charge in [0.15, 0.2) is 11.6 Å². The summed E-state index contributed by atoms with van der Waals surface area (Å²) < 4.78 is 34.8. The highest BCUT2D eigenvalue weighted by Crippen LogP contribution is 2.33. The summed E-state index contributed by atoms with van der Waals surface area (Å²) in [4.78, 5) is 33.7. The number of carbonyl (C=O) groups is 1. The fraction of sp³-hybridized carbons (Fsp3) is 0.265. The van der Waals surface area contributed by atoms with E-state index >= 15 is 4.39 Å². The molecule has 0 radical (unpaired) electrons. The van der Waals surface area contributed by atoms with Crippen molar-refractivity contribution in [2.45, 2.75) is 19.6 Å². The summed E-state index contributed by atoms with van der Waals surface area (Å²) in [6.45, 7) is 4.73. The van der Waals surface area contributed by atoms with E-state index in [0.717, 1.165) is 6.07 Å². The number of aliphatic hydroxyl groups is 1. The molecule has 2 N–H and O–H groups in total. The summed E-state index contributed by atoms with van der Waals surface area (Å²) >= 11 is 0. The molecule has 238 valence electrons. The molecule has 1 atom stereocenters. The number of ether oxygens (including phenoxy) is 3. The van der Waals surface area contributed by atoms with Crippen LogP contribution in [0.1, 0.15) is 16.1 Å². The molecule has 46 heavy (non-hydrogen) atoms. The van der Waals surface area contributed by atoms with Crippen molar-refractivity contribution in [3.05, 3.63) is 106 Å². The van der Waals surface area contributed by atoms with Gasteiger partial charge >= 0.3 is 0 Å². The van der Waals surface area contributed by atoms with Crippen molar-refractivity contribution < 1.29 is 28.5 Å². The van der Waals surface area contributed by atoms with Crippen LogP contribution in [0.25, 0.3) is 16.6 Å². The van der Waals surface area contributed by atoms with Crippen LogP contribution in [-0.2, 0) is 11.3 Å². The van der Waals surface area contributed by atoms with Gasteiger partial charge in [0, 0.05) is 49.0 Å². The Kier molecular flexibility index (Phi) is 9.11. The second kappa shape index (κ2) is 13.5. The molecule has 5 aromatic rings. The molecule has 1 aliphatic rings. The van der Waals surface area contributed by atoms with Gasteiger partial charge in [-0.1, -0.05) is 18.2 Å². The summed E-state index contributed by atoms with van der Waals surface area (Å²) in [5.74, 6) is -0.426. The largest absolute Gasteiger partial charge is 0.497 e. The maximum absolute atomic E-state index is 15.3. The molecule has 6 rings (SSSR count). The quantitative estimate of drug-likeness (QED) is 0.234. The minimum atomic E-state index is -0.810. The lowest BCUT2D eigenvalue weighted by Gasteiger charge is -2.29. The van der Waals surface area contributed by atoms with E-state index in [4.69, 9.17) is 14.2 Å². The van der Waals surface area contributed by atoms with Crippen LogP contribution in [0.3, 0.4) is 0 Å². The lowest BCUT2D eigenvalue weighted by atomic mass is 10.2. The van der Waals surface area contributed by atoms with Crippen molar-refractivity contribution in [1.82, 2.24) is 19.2 Å². The number of aliphatic hydroxyl groups excluding tert-OH is 1. The van der Waals surface area contributed by atoms with E-state index in [-0.39, 0.29) is 23.5 Å². The van der Waals surface area contributed by atoms with Crippen LogP contribution in [0.4, 0.5) is 10.1 Å². The summed E-state index contributed by atoms with van der Waals surface area (Å²) in [5, 5.41) is 14.3. The molecular weight excluding hydrogens is 593 g/mol. The average molecular weight is 628 g/mol. The first kappa shape index (κ1) is 31.0. The number of anilines is 1. The Labute approximate surface area is 264 Å². The van der Waals surface area contributed by atoms with Gasteiger partial charge in [0.25, 0.3) is 11.5 Å². The van der Waals surface area contributed by atoms with Crippen LogP contribution in [-0.4, -0.2) is 76.3 Å². The van der Waals surface area contributed by atoms with Gasteiger partial charge in [-0.2, -0.15) is 0 Å². The van der Waals surface area contributed by atoms with Gasteiger partial charge in [0.05, 0.1) is 49.9 Å². The number of β-amino-alcohol motifs (C(OH)–C–C–N with tert-alkyl or cyclic N) is 1. The van der Waals surface area contributed by atoms with E-state index < -0.39 is 23.4 Å². The van der Waals surface area contributed by atoms with E-state index in [1.165, 1.54) is 16.8 Å². The summed E-state index contributed by atoms with van der Waals surface area (Å²) in [6, 6.07) is 19.9. The SMILES string of the molecule is COc1ccc2c(Oc3ccc(NC(=O)c4c(C)n(CC(O)CN5CCOCC5)n(-c5ccccc5)c4=O)cc3F)ccnc2c1. The number of aromatic nitrogens is 3. The van der Waals surface area contributed by atoms with Crippen molar-refractivity contribution in [2.75, 3.05) is 45.3 Å². The lowest BCUT2D eigenvalue weighted by molar-refractivity contribution is 0.0103. The molecule has 0 spiro atoms. The number of carbonyl (C=O) groups excluding carboxylic acids is 1. The van der Waals surface area contributed by atoms with Crippen molar-refractivity contribution in [1.29, 1.82) is 0 Å². The van der Waals surface area contributed by atoms with Gasteiger partial charge in [0.1, 0.15) is 17.1 Å². The Hall–Kier alpha value is -5.04. The number of halogens is 1. The number of nitrogens with zero attached hydrogens (tertiary/aromatic N) is 4. The van der Waals surface area contributed by atoms with Crippen LogP contribution in [0.2, 0.25) is 0 Å². The molecule has 0 saturated carbocycles. The monoisotopic (exact) mass is 627 g/mol. The molecule has 0 aliphatic carbocycles. The highest BCUT2D eigenvalue weighted by Gasteiger charge is 2.26. The Bertz CT molecular complexity index is 1920. The Morgan fingerprint density at radius 1 is 1.04 bits per heavy atom. The van der Waals surface area contributed by atoms with Crippen LogP contribution >= 0.6 is 0 Å². The molecular formula is C34H34FN5O6. The first-order valence-electron chi connectivity index (χ1n) is 14.9. The number of pyridine rings is 1. The number of benzene rings is 3. The molecule has 1 fully saturated rings. The first-order chi connectivity index (χ1) is 22.3. The summed E-state index contributed by atoms with van der Waals surface area (Å²) in [5.41, 5.74) is 1.02. The first-order valence-corrected chi connectivity index (χ1v) is 14.9. The molecule has 1 unspecified atom stereocenters. The minimum absolute atomic E-state index is 0.0515. The number of nitrogens with one attached hydrogen (secondary N) is 1. The molecule has 1 amide bonds. The molecule has 12 heteroatoms. The number of hydrogen-bond acceptors (Lipinski definition) is 8. The predicted molar refractivity (Wildman–Crippen MR) is 171 cm³/mol. The fourth-order valence-electron chi connectivity index (χ4n) is 5.59. The standard InChI is InChI=1S/C34H34FN5O6/c1-22-32(34(43)40(24-6-4-3-5-7-24)39(22)21-25(41)20-38-14-16-45-17-15-38)33(42)37-23-8-11-31(28(35)18-23)46-30-12-13-36-29-19-26(44-2)9-10-27(29)30/h3-13,18-19,25,41H,14-17,20-21H2,1-2H3,(H,37,42). The zero-order chi connectivity index (χ0) is 32.2. The summed E-state index contributed by atoms with van der Waals surface area (Å²) in [7, 11) is 1.56. The number of fused-ring (bicyclic) bond motifs is 1. The van der Waals surface area contributed by atoms with Crippen LogP contribution in [0, 0.1) is 12.7 Å². The number of hydrogen-bond donors (Lipinski definition) is 2. The molecule has 11 nitrogen and oxygen atoms in total. The van der Waals surface area contributed by atoms with Gasteiger partial charge < -0.3 is 24.6 Å².